The molecule has 0 aromatic heterocycles. The molecular weight excluding hydrogens is 314 g/mol. The van der Waals surface area contributed by atoms with E-state index in [1.54, 1.807) is 0 Å². The van der Waals surface area contributed by atoms with Crippen LogP contribution >= 0.6 is 0 Å². The fourth-order valence-electron chi connectivity index (χ4n) is 1.92. The van der Waals surface area contributed by atoms with Crippen molar-refractivity contribution in [3.05, 3.63) is 58.1 Å². The van der Waals surface area contributed by atoms with Crippen molar-refractivity contribution in [3.63, 3.8) is 0 Å². The summed E-state index contributed by atoms with van der Waals surface area (Å²) >= 11 is 0. The van der Waals surface area contributed by atoms with Crippen LogP contribution in [0.1, 0.15) is 30.1 Å². The molecule has 2 aromatic carbocycles. The summed E-state index contributed by atoms with van der Waals surface area (Å²) in [4.78, 5) is 22.0. The van der Waals surface area contributed by atoms with Gasteiger partial charge in [-0.25, -0.2) is 4.79 Å². The number of hydrogen-bond acceptors (Lipinski definition) is 6. The van der Waals surface area contributed by atoms with Crippen molar-refractivity contribution in [1.82, 2.24) is 0 Å². The predicted molar refractivity (Wildman–Crippen MR) is 86.5 cm³/mol. The molecule has 0 fully saturated rings. The molecule has 0 aliphatic heterocycles. The van der Waals surface area contributed by atoms with Crippen LogP contribution in [0.15, 0.2) is 42.5 Å². The Kier molecular flexibility index (Phi) is 5.73. The highest BCUT2D eigenvalue weighted by Crippen LogP contribution is 2.28. The van der Waals surface area contributed by atoms with Crippen molar-refractivity contribution < 1.29 is 24.3 Å². The first-order valence-corrected chi connectivity index (χ1v) is 7.43. The SMILES string of the molecule is CCCCOC(=O)c1cc(O)cc(Oc2ccc([N+](=O)[O-])cc2)c1. The Labute approximate surface area is 138 Å². The van der Waals surface area contributed by atoms with E-state index in [0.29, 0.717) is 12.4 Å². The minimum Gasteiger partial charge on any atom is -0.508 e. The van der Waals surface area contributed by atoms with Gasteiger partial charge < -0.3 is 14.6 Å². The Morgan fingerprint density at radius 2 is 1.88 bits per heavy atom. The number of non-ortho nitro benzene ring substituents is 1. The van der Waals surface area contributed by atoms with E-state index in [1.165, 1.54) is 42.5 Å². The third-order valence-electron chi connectivity index (χ3n) is 3.14. The molecule has 0 bridgehead atoms. The molecule has 0 radical (unpaired) electrons. The van der Waals surface area contributed by atoms with Gasteiger partial charge >= 0.3 is 5.97 Å². The minimum absolute atomic E-state index is 0.0570. The van der Waals surface area contributed by atoms with E-state index in [2.05, 4.69) is 0 Å². The first-order valence-electron chi connectivity index (χ1n) is 7.43. The van der Waals surface area contributed by atoms with Gasteiger partial charge in [0, 0.05) is 18.2 Å². The Morgan fingerprint density at radius 1 is 1.17 bits per heavy atom. The molecular formula is C17H17NO6. The summed E-state index contributed by atoms with van der Waals surface area (Å²) in [5.41, 5.74) is 0.112. The van der Waals surface area contributed by atoms with Gasteiger partial charge in [-0.3, -0.25) is 10.1 Å². The van der Waals surface area contributed by atoms with Crippen LogP contribution in [0.25, 0.3) is 0 Å². The average Bonchev–Trinajstić information content (AvgIpc) is 2.55. The number of ether oxygens (including phenoxy) is 2. The maximum atomic E-state index is 11.9. The summed E-state index contributed by atoms with van der Waals surface area (Å²) in [6.45, 7) is 2.29. The molecule has 0 atom stereocenters. The minimum atomic E-state index is -0.548. The Bertz CT molecular complexity index is 726. The zero-order valence-electron chi connectivity index (χ0n) is 13.1. The topological polar surface area (TPSA) is 98.9 Å². The second-order valence-electron chi connectivity index (χ2n) is 5.06. The number of phenolic OH excluding ortho intramolecular Hbond substituents is 1. The maximum Gasteiger partial charge on any atom is 0.338 e. The number of nitrogens with zero attached hydrogens (tertiary/aromatic N) is 1. The molecule has 126 valence electrons. The van der Waals surface area contributed by atoms with Crippen LogP contribution in [0, 0.1) is 10.1 Å². The fourth-order valence-corrected chi connectivity index (χ4v) is 1.92. The van der Waals surface area contributed by atoms with Crippen LogP contribution in [-0.4, -0.2) is 22.6 Å². The molecule has 7 heteroatoms. The molecule has 7 nitrogen and oxygen atoms in total. The van der Waals surface area contributed by atoms with Crippen molar-refractivity contribution in [2.75, 3.05) is 6.61 Å². The molecule has 0 aliphatic rings. The normalized spacial score (nSPS) is 10.2. The lowest BCUT2D eigenvalue weighted by molar-refractivity contribution is -0.384. The number of carbonyl (C=O) groups excluding carboxylic acids is 1. The summed E-state index contributed by atoms with van der Waals surface area (Å²) in [7, 11) is 0. The quantitative estimate of drug-likeness (QED) is 0.356. The molecule has 0 amide bonds. The van der Waals surface area contributed by atoms with E-state index in [-0.39, 0.29) is 22.7 Å². The fraction of sp³-hybridized carbons (Fsp3) is 0.235. The molecule has 2 aromatic rings. The van der Waals surface area contributed by atoms with Gasteiger partial charge in [0.2, 0.25) is 0 Å². The van der Waals surface area contributed by atoms with E-state index in [4.69, 9.17) is 9.47 Å². The van der Waals surface area contributed by atoms with E-state index >= 15 is 0 Å². The van der Waals surface area contributed by atoms with Crippen molar-refractivity contribution >= 4 is 11.7 Å². The third kappa shape index (κ3) is 4.70. The number of aromatic hydroxyl groups is 1. The van der Waals surface area contributed by atoms with Crippen molar-refractivity contribution in [2.24, 2.45) is 0 Å². The summed E-state index contributed by atoms with van der Waals surface area (Å²) < 4.78 is 10.6. The number of hydrogen-bond donors (Lipinski definition) is 1. The lowest BCUT2D eigenvalue weighted by Crippen LogP contribution is -2.06. The van der Waals surface area contributed by atoms with E-state index in [0.717, 1.165) is 12.8 Å². The number of nitro groups is 1. The number of rotatable bonds is 7. The van der Waals surface area contributed by atoms with Crippen LogP contribution in [0.3, 0.4) is 0 Å². The summed E-state index contributed by atoms with van der Waals surface area (Å²) in [5.74, 6) is -0.118. The second-order valence-corrected chi connectivity index (χ2v) is 5.06. The Balaban J connectivity index is 2.12. The van der Waals surface area contributed by atoms with Crippen LogP contribution < -0.4 is 4.74 Å². The van der Waals surface area contributed by atoms with Crippen molar-refractivity contribution in [2.45, 2.75) is 19.8 Å². The van der Waals surface area contributed by atoms with Crippen molar-refractivity contribution in [1.29, 1.82) is 0 Å². The molecule has 0 saturated carbocycles. The number of nitro benzene ring substituents is 1. The number of carbonyl (C=O) groups is 1. The van der Waals surface area contributed by atoms with E-state index in [1.807, 2.05) is 6.92 Å². The average molecular weight is 331 g/mol. The van der Waals surface area contributed by atoms with Gasteiger partial charge in [0.05, 0.1) is 17.1 Å². The van der Waals surface area contributed by atoms with Crippen LogP contribution in [0.5, 0.6) is 17.2 Å². The highest BCUT2D eigenvalue weighted by atomic mass is 16.6. The Hall–Kier alpha value is -3.09. The summed E-state index contributed by atoms with van der Waals surface area (Å²) in [5, 5.41) is 20.4. The molecule has 2 rings (SSSR count). The Morgan fingerprint density at radius 3 is 2.50 bits per heavy atom. The lowest BCUT2D eigenvalue weighted by Gasteiger charge is -2.09. The van der Waals surface area contributed by atoms with Crippen LogP contribution in [-0.2, 0) is 4.74 Å². The molecule has 0 heterocycles. The van der Waals surface area contributed by atoms with Crippen LogP contribution in [0.4, 0.5) is 5.69 Å². The van der Waals surface area contributed by atoms with Gasteiger partial charge in [0.25, 0.3) is 5.69 Å². The van der Waals surface area contributed by atoms with Gasteiger partial charge in [-0.05, 0) is 30.7 Å². The lowest BCUT2D eigenvalue weighted by atomic mass is 10.2. The molecule has 0 spiro atoms. The van der Waals surface area contributed by atoms with Crippen LogP contribution in [0.2, 0.25) is 0 Å². The zero-order chi connectivity index (χ0) is 17.5. The predicted octanol–water partition coefficient (Wildman–Crippen LogP) is 4.05. The summed E-state index contributed by atoms with van der Waals surface area (Å²) in [6.07, 6.45) is 1.67. The third-order valence-corrected chi connectivity index (χ3v) is 3.14. The van der Waals surface area contributed by atoms with Gasteiger partial charge in [-0.2, -0.15) is 0 Å². The number of unbranched alkanes of at least 4 members (excludes halogenated alkanes) is 1. The first-order chi connectivity index (χ1) is 11.5. The maximum absolute atomic E-state index is 11.9. The van der Waals surface area contributed by atoms with Gasteiger partial charge in [0.15, 0.2) is 0 Å². The number of benzene rings is 2. The smallest absolute Gasteiger partial charge is 0.338 e. The highest BCUT2D eigenvalue weighted by molar-refractivity contribution is 5.90. The van der Waals surface area contributed by atoms with E-state index < -0.39 is 10.9 Å². The molecule has 24 heavy (non-hydrogen) atoms. The van der Waals surface area contributed by atoms with Crippen molar-refractivity contribution in [3.8, 4) is 17.2 Å². The monoisotopic (exact) mass is 331 g/mol. The highest BCUT2D eigenvalue weighted by Gasteiger charge is 2.12. The summed E-state index contributed by atoms with van der Waals surface area (Å²) in [6, 6.07) is 9.54. The molecule has 0 aliphatic carbocycles. The van der Waals surface area contributed by atoms with E-state index in [9.17, 15) is 20.0 Å². The number of esters is 1. The van der Waals surface area contributed by atoms with Gasteiger partial charge in [0.1, 0.15) is 17.2 Å². The number of phenols is 1. The van der Waals surface area contributed by atoms with Gasteiger partial charge in [-0.1, -0.05) is 13.3 Å². The largest absolute Gasteiger partial charge is 0.508 e. The zero-order valence-corrected chi connectivity index (χ0v) is 13.1. The molecule has 1 N–H and O–H groups in total. The first kappa shape index (κ1) is 17.3. The molecule has 0 saturated heterocycles. The van der Waals surface area contributed by atoms with Gasteiger partial charge in [-0.15, -0.1) is 0 Å². The molecule has 0 unspecified atom stereocenters. The standard InChI is InChI=1S/C17H17NO6/c1-2-3-8-23-17(20)12-9-14(19)11-16(10-12)24-15-6-4-13(5-7-15)18(21)22/h4-7,9-11,19H,2-3,8H2,1H3. The second kappa shape index (κ2) is 7.96.